The van der Waals surface area contributed by atoms with Crippen molar-refractivity contribution in [3.8, 4) is 11.8 Å². The number of nitrogens with two attached hydrogens (primary N) is 1. The molecule has 8 nitrogen and oxygen atoms in total. The summed E-state index contributed by atoms with van der Waals surface area (Å²) < 4.78 is 5.43. The van der Waals surface area contributed by atoms with Gasteiger partial charge in [0.25, 0.3) is 5.91 Å². The highest BCUT2D eigenvalue weighted by Crippen LogP contribution is 2.28. The zero-order chi connectivity index (χ0) is 26.9. The van der Waals surface area contributed by atoms with E-state index < -0.39 is 6.04 Å². The first-order valence-electron chi connectivity index (χ1n) is 12.7. The molecule has 1 unspecified atom stereocenters. The Morgan fingerprint density at radius 3 is 2.63 bits per heavy atom. The minimum absolute atomic E-state index is 0.0536. The highest BCUT2D eigenvalue weighted by atomic mass is 32.1. The molecule has 3 aromatic rings. The van der Waals surface area contributed by atoms with Gasteiger partial charge in [-0.25, -0.2) is 0 Å². The third-order valence-corrected chi connectivity index (χ3v) is 7.68. The van der Waals surface area contributed by atoms with E-state index in [0.29, 0.717) is 49.6 Å². The fourth-order valence-corrected chi connectivity index (χ4v) is 5.54. The molecule has 1 aliphatic heterocycles. The van der Waals surface area contributed by atoms with Crippen molar-refractivity contribution in [1.82, 2.24) is 15.1 Å². The molecule has 2 amide bonds. The summed E-state index contributed by atoms with van der Waals surface area (Å²) in [5, 5.41) is 14.0. The van der Waals surface area contributed by atoms with Gasteiger partial charge in [-0.2, -0.15) is 5.26 Å². The van der Waals surface area contributed by atoms with E-state index >= 15 is 0 Å². The van der Waals surface area contributed by atoms with Crippen LogP contribution in [0.3, 0.4) is 0 Å². The molecule has 0 bridgehead atoms. The number of likely N-dealkylation sites (tertiary alicyclic amines) is 1. The topological polar surface area (TPSA) is 112 Å². The number of nitriles is 1. The molecule has 0 radical (unpaired) electrons. The Morgan fingerprint density at radius 2 is 1.95 bits per heavy atom. The van der Waals surface area contributed by atoms with E-state index in [9.17, 15) is 14.9 Å². The molecule has 1 aromatic heterocycles. The Morgan fingerprint density at radius 1 is 1.16 bits per heavy atom. The van der Waals surface area contributed by atoms with Crippen LogP contribution in [0.15, 0.2) is 66.0 Å². The molecular weight excluding hydrogens is 498 g/mol. The van der Waals surface area contributed by atoms with Crippen molar-refractivity contribution in [2.45, 2.75) is 38.0 Å². The van der Waals surface area contributed by atoms with Gasteiger partial charge in [-0.05, 0) is 59.7 Å². The molecular formula is C29H33N5O3S. The van der Waals surface area contributed by atoms with Crippen molar-refractivity contribution in [3.63, 3.8) is 0 Å². The Kier molecular flexibility index (Phi) is 9.49. The Hall–Kier alpha value is -3.71. The number of nitrogens with zero attached hydrogens (tertiary/aromatic N) is 3. The number of carbonyl (C=O) groups is 2. The Labute approximate surface area is 227 Å². The molecule has 9 heteroatoms. The summed E-state index contributed by atoms with van der Waals surface area (Å²) in [5.41, 5.74) is 8.43. The van der Waals surface area contributed by atoms with Crippen LogP contribution in [-0.4, -0.2) is 60.4 Å². The van der Waals surface area contributed by atoms with E-state index in [-0.39, 0.29) is 17.9 Å². The van der Waals surface area contributed by atoms with Gasteiger partial charge in [-0.15, -0.1) is 11.3 Å². The third kappa shape index (κ3) is 6.78. The van der Waals surface area contributed by atoms with Crippen LogP contribution in [0.4, 0.5) is 0 Å². The number of benzene rings is 2. The first-order chi connectivity index (χ1) is 18.5. The summed E-state index contributed by atoms with van der Waals surface area (Å²) in [6.07, 6.45) is 1.24. The van der Waals surface area contributed by atoms with Crippen molar-refractivity contribution in [3.05, 3.63) is 87.6 Å². The summed E-state index contributed by atoms with van der Waals surface area (Å²) in [6.45, 7) is 2.47. The van der Waals surface area contributed by atoms with Crippen molar-refractivity contribution in [2.24, 2.45) is 5.73 Å². The Balaban J connectivity index is 1.60. The van der Waals surface area contributed by atoms with Gasteiger partial charge in [-0.1, -0.05) is 30.3 Å². The summed E-state index contributed by atoms with van der Waals surface area (Å²) in [5.74, 6) is 0.499. The molecule has 2 atom stereocenters. The maximum atomic E-state index is 13.3. The second kappa shape index (κ2) is 13.2. The van der Waals surface area contributed by atoms with Crippen LogP contribution in [0.25, 0.3) is 0 Å². The number of nitrogens with one attached hydrogen (secondary N) is 1. The third-order valence-electron chi connectivity index (χ3n) is 6.82. The van der Waals surface area contributed by atoms with Gasteiger partial charge in [0.15, 0.2) is 0 Å². The second-order valence-corrected chi connectivity index (χ2v) is 10.3. The van der Waals surface area contributed by atoms with E-state index in [1.807, 2.05) is 53.9 Å². The summed E-state index contributed by atoms with van der Waals surface area (Å²) in [7, 11) is 1.65. The molecule has 3 N–H and O–H groups in total. The number of piperidine rings is 1. The predicted molar refractivity (Wildman–Crippen MR) is 148 cm³/mol. The molecule has 2 aromatic carbocycles. The number of carbonyl (C=O) groups excluding carboxylic acids is 2. The van der Waals surface area contributed by atoms with Crippen LogP contribution in [0.1, 0.15) is 39.2 Å². The smallest absolute Gasteiger partial charge is 0.264 e. The summed E-state index contributed by atoms with van der Waals surface area (Å²) >= 11 is 1.39. The maximum absolute atomic E-state index is 13.3. The normalized spacial score (nSPS) is 17.2. The number of hydrogen-bond acceptors (Lipinski definition) is 7. The molecule has 198 valence electrons. The number of thiophene rings is 1. The molecule has 38 heavy (non-hydrogen) atoms. The second-order valence-electron chi connectivity index (χ2n) is 9.31. The lowest BCUT2D eigenvalue weighted by Gasteiger charge is -2.43. The number of hydrogen-bond donors (Lipinski definition) is 2. The van der Waals surface area contributed by atoms with E-state index in [1.54, 1.807) is 18.1 Å². The van der Waals surface area contributed by atoms with Crippen LogP contribution < -0.4 is 15.8 Å². The first kappa shape index (κ1) is 27.3. The molecule has 1 fully saturated rings. The van der Waals surface area contributed by atoms with Crippen molar-refractivity contribution < 1.29 is 14.3 Å². The maximum Gasteiger partial charge on any atom is 0.264 e. The van der Waals surface area contributed by atoms with Gasteiger partial charge in [0.05, 0.1) is 23.6 Å². The largest absolute Gasteiger partial charge is 0.497 e. The van der Waals surface area contributed by atoms with Gasteiger partial charge in [0.2, 0.25) is 5.91 Å². The monoisotopic (exact) mass is 531 g/mol. The lowest BCUT2D eigenvalue weighted by atomic mass is 9.93. The van der Waals surface area contributed by atoms with E-state index in [0.717, 1.165) is 23.3 Å². The fraction of sp³-hybridized carbons (Fsp3) is 0.345. The minimum Gasteiger partial charge on any atom is -0.497 e. The highest BCUT2D eigenvalue weighted by molar-refractivity contribution is 7.12. The lowest BCUT2D eigenvalue weighted by molar-refractivity contribution is -0.127. The van der Waals surface area contributed by atoms with Crippen LogP contribution in [0.5, 0.6) is 5.75 Å². The molecule has 0 spiro atoms. The van der Waals surface area contributed by atoms with E-state index in [2.05, 4.69) is 22.4 Å². The average molecular weight is 532 g/mol. The van der Waals surface area contributed by atoms with Gasteiger partial charge in [-0.3, -0.25) is 14.5 Å². The molecule has 4 rings (SSSR count). The van der Waals surface area contributed by atoms with Gasteiger partial charge in [0, 0.05) is 38.8 Å². The molecule has 0 saturated carbocycles. The number of ether oxygens (including phenoxy) is 1. The highest BCUT2D eigenvalue weighted by Gasteiger charge is 2.38. The van der Waals surface area contributed by atoms with Crippen LogP contribution in [0.2, 0.25) is 0 Å². The van der Waals surface area contributed by atoms with Crippen LogP contribution in [-0.2, 0) is 17.9 Å². The van der Waals surface area contributed by atoms with Gasteiger partial charge < -0.3 is 20.7 Å². The van der Waals surface area contributed by atoms with Crippen LogP contribution in [0, 0.1) is 11.3 Å². The van der Waals surface area contributed by atoms with Crippen molar-refractivity contribution in [2.75, 3.05) is 26.7 Å². The molecule has 1 aliphatic rings. The van der Waals surface area contributed by atoms with Gasteiger partial charge >= 0.3 is 0 Å². The number of methoxy groups -OCH3 is 1. The predicted octanol–water partition coefficient (Wildman–Crippen LogP) is 3.38. The van der Waals surface area contributed by atoms with Crippen molar-refractivity contribution in [1.29, 1.82) is 5.26 Å². The zero-order valence-corrected chi connectivity index (χ0v) is 22.3. The first-order valence-corrected chi connectivity index (χ1v) is 13.6. The quantitative estimate of drug-likeness (QED) is 0.415. The molecule has 2 heterocycles. The van der Waals surface area contributed by atoms with Crippen molar-refractivity contribution >= 4 is 23.2 Å². The molecule has 0 aliphatic carbocycles. The minimum atomic E-state index is -0.594. The Bertz CT molecular complexity index is 1260. The lowest BCUT2D eigenvalue weighted by Crippen LogP contribution is -2.57. The SMILES string of the molecule is COc1cccc(CN(Cc2ccc(C#N)cc2)C2CCN(C(=O)c3cccs3)[C@@H](C(=O)NCCN)C2)c1. The summed E-state index contributed by atoms with van der Waals surface area (Å²) in [6, 6.07) is 20.8. The standard InChI is InChI=1S/C29H33N5O3S/c1-37-25-5-2-4-23(16-25)20-33(19-22-9-7-21(18-31)8-10-22)24-11-14-34(29(36)27-6-3-15-38-27)26(17-24)28(35)32-13-12-30/h2-10,15-16,24,26H,11-14,17,19-20,30H2,1H3,(H,32,35)/t24?,26-/m1/s1. The van der Waals surface area contributed by atoms with E-state index in [1.165, 1.54) is 11.3 Å². The summed E-state index contributed by atoms with van der Waals surface area (Å²) in [4.78, 5) is 31.3. The average Bonchev–Trinajstić information content (AvgIpc) is 3.50. The van der Waals surface area contributed by atoms with E-state index in [4.69, 9.17) is 10.5 Å². The van der Waals surface area contributed by atoms with Crippen LogP contribution >= 0.6 is 11.3 Å². The van der Waals surface area contributed by atoms with Gasteiger partial charge in [0.1, 0.15) is 11.8 Å². The zero-order valence-electron chi connectivity index (χ0n) is 21.5. The number of amides is 2. The molecule has 1 saturated heterocycles. The fourth-order valence-electron chi connectivity index (χ4n) is 4.86. The number of rotatable bonds is 10.